The summed E-state index contributed by atoms with van der Waals surface area (Å²) >= 11 is 3.18. The number of rotatable bonds is 5. The van der Waals surface area contributed by atoms with E-state index in [0.717, 1.165) is 9.75 Å². The number of carbonyl (C=O) groups excluding carboxylic acids is 1. The van der Waals surface area contributed by atoms with Crippen molar-refractivity contribution in [2.75, 3.05) is 7.05 Å². The van der Waals surface area contributed by atoms with Crippen LogP contribution in [0.25, 0.3) is 10.7 Å². The largest absolute Gasteiger partial charge is 0.339 e. The lowest BCUT2D eigenvalue weighted by molar-refractivity contribution is -0.131. The summed E-state index contributed by atoms with van der Waals surface area (Å²) in [6.45, 7) is 0.698. The zero-order valence-electron chi connectivity index (χ0n) is 11.3. The van der Waals surface area contributed by atoms with Crippen molar-refractivity contribution in [1.29, 1.82) is 0 Å². The molecule has 108 valence electrons. The molecule has 3 rings (SSSR count). The first-order valence-electron chi connectivity index (χ1n) is 6.30. The summed E-state index contributed by atoms with van der Waals surface area (Å²) in [5.41, 5.74) is 0. The van der Waals surface area contributed by atoms with Crippen molar-refractivity contribution in [3.8, 4) is 10.7 Å². The molecule has 0 radical (unpaired) electrons. The van der Waals surface area contributed by atoms with Gasteiger partial charge in [0.15, 0.2) is 0 Å². The number of hydrogen-bond donors (Lipinski definition) is 0. The Morgan fingerprint density at radius 3 is 2.81 bits per heavy atom. The van der Waals surface area contributed by atoms with Crippen molar-refractivity contribution in [3.05, 3.63) is 39.9 Å². The molecule has 0 aliphatic heterocycles. The number of hydrogen-bond acceptors (Lipinski definition) is 6. The molecule has 8 heteroatoms. The van der Waals surface area contributed by atoms with Crippen LogP contribution in [-0.2, 0) is 17.9 Å². The molecule has 0 aliphatic rings. The van der Waals surface area contributed by atoms with E-state index in [1.165, 1.54) is 4.80 Å². The van der Waals surface area contributed by atoms with Crippen LogP contribution < -0.4 is 0 Å². The molecule has 0 saturated heterocycles. The fourth-order valence-electron chi connectivity index (χ4n) is 1.78. The van der Waals surface area contributed by atoms with Crippen LogP contribution >= 0.6 is 22.7 Å². The van der Waals surface area contributed by atoms with Gasteiger partial charge in [-0.05, 0) is 28.1 Å². The molecule has 6 nitrogen and oxygen atoms in total. The van der Waals surface area contributed by atoms with E-state index < -0.39 is 0 Å². The van der Waals surface area contributed by atoms with Crippen molar-refractivity contribution in [3.63, 3.8) is 0 Å². The van der Waals surface area contributed by atoms with Crippen LogP contribution in [0.2, 0.25) is 0 Å². The van der Waals surface area contributed by atoms with Gasteiger partial charge in [0, 0.05) is 11.9 Å². The summed E-state index contributed by atoms with van der Waals surface area (Å²) in [5, 5.41) is 16.1. The molecule has 1 amide bonds. The van der Waals surface area contributed by atoms with E-state index in [0.29, 0.717) is 12.4 Å². The van der Waals surface area contributed by atoms with Crippen LogP contribution in [0, 0.1) is 0 Å². The Kier molecular flexibility index (Phi) is 4.07. The number of thiophene rings is 2. The predicted octanol–water partition coefficient (Wildman–Crippen LogP) is 2.12. The maximum absolute atomic E-state index is 12.1. The molecule has 0 saturated carbocycles. The zero-order chi connectivity index (χ0) is 14.7. The summed E-state index contributed by atoms with van der Waals surface area (Å²) in [5.74, 6) is 0.511. The number of aromatic nitrogens is 4. The molecular formula is C13H13N5OS2. The van der Waals surface area contributed by atoms with E-state index in [2.05, 4.69) is 15.4 Å². The minimum Gasteiger partial charge on any atom is -0.339 e. The molecule has 0 atom stereocenters. The summed E-state index contributed by atoms with van der Waals surface area (Å²) in [6, 6.07) is 7.85. The number of tetrazole rings is 1. The van der Waals surface area contributed by atoms with Crippen LogP contribution in [-0.4, -0.2) is 38.1 Å². The molecule has 0 aliphatic carbocycles. The van der Waals surface area contributed by atoms with Gasteiger partial charge in [-0.25, -0.2) is 0 Å². The van der Waals surface area contributed by atoms with Crippen molar-refractivity contribution in [1.82, 2.24) is 25.1 Å². The van der Waals surface area contributed by atoms with Crippen molar-refractivity contribution in [2.45, 2.75) is 13.1 Å². The Bertz CT molecular complexity index is 705. The van der Waals surface area contributed by atoms with Gasteiger partial charge in [0.25, 0.3) is 0 Å². The van der Waals surface area contributed by atoms with E-state index in [-0.39, 0.29) is 12.5 Å². The van der Waals surface area contributed by atoms with Crippen LogP contribution in [0.4, 0.5) is 0 Å². The van der Waals surface area contributed by atoms with E-state index in [1.807, 2.05) is 35.0 Å². The maximum atomic E-state index is 12.1. The Labute approximate surface area is 129 Å². The summed E-state index contributed by atoms with van der Waals surface area (Å²) in [7, 11) is 1.78. The summed E-state index contributed by atoms with van der Waals surface area (Å²) in [4.78, 5) is 17.2. The Morgan fingerprint density at radius 2 is 2.10 bits per heavy atom. The first kappa shape index (κ1) is 13.9. The average molecular weight is 319 g/mol. The fourth-order valence-corrected chi connectivity index (χ4v) is 3.19. The molecule has 21 heavy (non-hydrogen) atoms. The highest BCUT2D eigenvalue weighted by atomic mass is 32.1. The second-order valence-corrected chi connectivity index (χ2v) is 6.43. The van der Waals surface area contributed by atoms with Gasteiger partial charge in [0.1, 0.15) is 6.54 Å². The van der Waals surface area contributed by atoms with Crippen molar-refractivity contribution >= 4 is 28.6 Å². The van der Waals surface area contributed by atoms with Gasteiger partial charge >= 0.3 is 0 Å². The fraction of sp³-hybridized carbons (Fsp3) is 0.231. The quantitative estimate of drug-likeness (QED) is 0.722. The molecule has 0 fully saturated rings. The smallest absolute Gasteiger partial charge is 0.246 e. The Balaban J connectivity index is 1.62. The minimum atomic E-state index is -0.0430. The molecule has 0 spiro atoms. The van der Waals surface area contributed by atoms with Gasteiger partial charge in [0.2, 0.25) is 11.7 Å². The van der Waals surface area contributed by atoms with E-state index in [1.54, 1.807) is 34.6 Å². The molecule has 3 heterocycles. The number of likely N-dealkylation sites (N-methyl/N-ethyl adjacent to an activating group) is 1. The number of nitrogens with zero attached hydrogens (tertiary/aromatic N) is 5. The van der Waals surface area contributed by atoms with Gasteiger partial charge < -0.3 is 4.90 Å². The third kappa shape index (κ3) is 3.34. The highest BCUT2D eigenvalue weighted by molar-refractivity contribution is 7.13. The normalized spacial score (nSPS) is 10.7. The molecule has 0 bridgehead atoms. The lowest BCUT2D eigenvalue weighted by atomic mass is 10.4. The zero-order valence-corrected chi connectivity index (χ0v) is 13.0. The summed E-state index contributed by atoms with van der Waals surface area (Å²) < 4.78 is 0. The molecule has 3 aromatic heterocycles. The van der Waals surface area contributed by atoms with Gasteiger partial charge in [-0.1, -0.05) is 12.1 Å². The van der Waals surface area contributed by atoms with E-state index in [9.17, 15) is 4.79 Å². The monoisotopic (exact) mass is 319 g/mol. The van der Waals surface area contributed by atoms with Crippen LogP contribution in [0.1, 0.15) is 4.88 Å². The topological polar surface area (TPSA) is 63.9 Å². The number of carbonyl (C=O) groups is 1. The van der Waals surface area contributed by atoms with Crippen LogP contribution in [0.5, 0.6) is 0 Å². The van der Waals surface area contributed by atoms with E-state index >= 15 is 0 Å². The Hall–Kier alpha value is -2.06. The van der Waals surface area contributed by atoms with Gasteiger partial charge in [-0.3, -0.25) is 4.79 Å². The highest BCUT2D eigenvalue weighted by Gasteiger charge is 2.13. The second-order valence-electron chi connectivity index (χ2n) is 4.45. The second kappa shape index (κ2) is 6.15. The molecule has 0 N–H and O–H groups in total. The standard InChI is InChI=1S/C13H13N5OS2/c1-17(8-10-4-2-6-20-10)12(19)9-18-15-13(14-16-18)11-5-3-7-21-11/h2-7H,8-9H2,1H3. The van der Waals surface area contributed by atoms with Gasteiger partial charge in [-0.15, -0.1) is 32.9 Å². The first-order chi connectivity index (χ1) is 10.2. The van der Waals surface area contributed by atoms with Crippen molar-refractivity contribution < 1.29 is 4.79 Å². The Morgan fingerprint density at radius 1 is 1.29 bits per heavy atom. The molecule has 0 aromatic carbocycles. The SMILES string of the molecule is CN(Cc1cccs1)C(=O)Cn1nnc(-c2cccs2)n1. The molecule has 0 unspecified atom stereocenters. The third-order valence-corrected chi connectivity index (χ3v) is 4.60. The third-order valence-electron chi connectivity index (χ3n) is 2.87. The van der Waals surface area contributed by atoms with Crippen LogP contribution in [0.3, 0.4) is 0 Å². The average Bonchev–Trinajstić information content (AvgIpc) is 3.20. The van der Waals surface area contributed by atoms with Gasteiger partial charge in [-0.2, -0.15) is 4.80 Å². The lowest BCUT2D eigenvalue weighted by Gasteiger charge is -2.15. The molecular weight excluding hydrogens is 306 g/mol. The highest BCUT2D eigenvalue weighted by Crippen LogP contribution is 2.19. The lowest BCUT2D eigenvalue weighted by Crippen LogP contribution is -2.30. The van der Waals surface area contributed by atoms with Crippen LogP contribution in [0.15, 0.2) is 35.0 Å². The maximum Gasteiger partial charge on any atom is 0.246 e. The van der Waals surface area contributed by atoms with E-state index in [4.69, 9.17) is 0 Å². The first-order valence-corrected chi connectivity index (χ1v) is 8.06. The van der Waals surface area contributed by atoms with Gasteiger partial charge in [0.05, 0.1) is 11.4 Å². The molecule has 3 aromatic rings. The summed E-state index contributed by atoms with van der Waals surface area (Å²) in [6.07, 6.45) is 0. The number of amides is 1. The predicted molar refractivity (Wildman–Crippen MR) is 81.9 cm³/mol. The minimum absolute atomic E-state index is 0.0430. The van der Waals surface area contributed by atoms with Crippen molar-refractivity contribution in [2.24, 2.45) is 0 Å².